The Balaban J connectivity index is 1.70. The fourth-order valence-corrected chi connectivity index (χ4v) is 3.68. The van der Waals surface area contributed by atoms with Gasteiger partial charge in [0.05, 0.1) is 5.75 Å². The van der Waals surface area contributed by atoms with Crippen LogP contribution in [0.25, 0.3) is 0 Å². The van der Waals surface area contributed by atoms with Gasteiger partial charge in [0.25, 0.3) is 5.91 Å². The van der Waals surface area contributed by atoms with Gasteiger partial charge in [0.1, 0.15) is 0 Å². The predicted octanol–water partition coefficient (Wildman–Crippen LogP) is 2.81. The van der Waals surface area contributed by atoms with E-state index in [0.717, 1.165) is 11.4 Å². The summed E-state index contributed by atoms with van der Waals surface area (Å²) in [4.78, 5) is 32.5. The summed E-state index contributed by atoms with van der Waals surface area (Å²) in [5.41, 5.74) is 1.72. The maximum Gasteiger partial charge on any atom is 0.317 e. The summed E-state index contributed by atoms with van der Waals surface area (Å²) in [6.07, 6.45) is 5.32. The normalized spacial score (nSPS) is 16.3. The first-order valence-electron chi connectivity index (χ1n) is 8.86. The van der Waals surface area contributed by atoms with Gasteiger partial charge in [-0.2, -0.15) is 0 Å². The number of hydrogen-bond donors (Lipinski definition) is 1. The third-order valence-corrected chi connectivity index (χ3v) is 5.07. The number of thioether (sulfide) groups is 1. The molecule has 1 amide bonds. The number of nitrogens with zero attached hydrogens (tertiary/aromatic N) is 2. The molecule has 25 heavy (non-hydrogen) atoms. The summed E-state index contributed by atoms with van der Waals surface area (Å²) in [7, 11) is 0. The molecule has 1 aliphatic carbocycles. The molecule has 1 fully saturated rings. The van der Waals surface area contributed by atoms with Crippen molar-refractivity contribution in [2.24, 2.45) is 5.92 Å². The molecule has 0 spiro atoms. The van der Waals surface area contributed by atoms with Crippen molar-refractivity contribution in [1.82, 2.24) is 15.3 Å². The first kappa shape index (κ1) is 19.7. The smallest absolute Gasteiger partial charge is 0.317 e. The van der Waals surface area contributed by atoms with E-state index < -0.39 is 12.1 Å². The monoisotopic (exact) mass is 365 g/mol. The highest BCUT2D eigenvalue weighted by Gasteiger charge is 2.20. The van der Waals surface area contributed by atoms with Crippen LogP contribution in [-0.4, -0.2) is 40.2 Å². The second-order valence-corrected chi connectivity index (χ2v) is 7.55. The quantitative estimate of drug-likeness (QED) is 0.455. The maximum absolute atomic E-state index is 12.1. The Kier molecular flexibility index (Phi) is 7.68. The van der Waals surface area contributed by atoms with Crippen molar-refractivity contribution in [1.29, 1.82) is 0 Å². The Morgan fingerprint density at radius 3 is 2.52 bits per heavy atom. The third kappa shape index (κ3) is 7.02. The zero-order chi connectivity index (χ0) is 18.2. The number of ether oxygens (including phenoxy) is 1. The Hall–Kier alpha value is -1.63. The van der Waals surface area contributed by atoms with Crippen molar-refractivity contribution in [3.63, 3.8) is 0 Å². The largest absolute Gasteiger partial charge is 0.452 e. The minimum atomic E-state index is -0.781. The van der Waals surface area contributed by atoms with Crippen LogP contribution in [0.4, 0.5) is 0 Å². The van der Waals surface area contributed by atoms with Crippen LogP contribution >= 0.6 is 11.8 Å². The summed E-state index contributed by atoms with van der Waals surface area (Å²) in [5, 5.41) is 3.44. The van der Waals surface area contributed by atoms with E-state index in [1.54, 1.807) is 6.92 Å². The number of aromatic nitrogens is 2. The molecule has 1 heterocycles. The standard InChI is InChI=1S/C18H27N3O3S/c1-12-9-13(2)21-18(20-12)25-11-16(22)24-14(3)17(23)19-10-15-7-5-4-6-8-15/h9,14-15H,4-8,10-11H2,1-3H3,(H,19,23). The molecular weight excluding hydrogens is 338 g/mol. The molecule has 0 radical (unpaired) electrons. The van der Waals surface area contributed by atoms with Crippen molar-refractivity contribution in [2.75, 3.05) is 12.3 Å². The number of nitrogens with one attached hydrogen (secondary N) is 1. The number of aryl methyl sites for hydroxylation is 2. The van der Waals surface area contributed by atoms with Gasteiger partial charge in [-0.05, 0) is 45.6 Å². The second-order valence-electron chi connectivity index (χ2n) is 6.60. The molecule has 1 saturated carbocycles. The molecular formula is C18H27N3O3S. The molecule has 6 nitrogen and oxygen atoms in total. The highest BCUT2D eigenvalue weighted by Crippen LogP contribution is 2.22. The van der Waals surface area contributed by atoms with Crippen LogP contribution in [-0.2, 0) is 14.3 Å². The van der Waals surface area contributed by atoms with Crippen LogP contribution in [0.2, 0.25) is 0 Å². The average molecular weight is 365 g/mol. The molecule has 7 heteroatoms. The SMILES string of the molecule is Cc1cc(C)nc(SCC(=O)OC(C)C(=O)NCC2CCCCC2)n1. The number of amides is 1. The second kappa shape index (κ2) is 9.75. The molecule has 0 saturated heterocycles. The van der Waals surface area contributed by atoms with Gasteiger partial charge in [-0.1, -0.05) is 31.0 Å². The number of esters is 1. The van der Waals surface area contributed by atoms with Gasteiger partial charge in [0, 0.05) is 17.9 Å². The highest BCUT2D eigenvalue weighted by molar-refractivity contribution is 7.99. The summed E-state index contributed by atoms with van der Waals surface area (Å²) in [6, 6.07) is 1.88. The molecule has 1 atom stereocenters. The average Bonchev–Trinajstić information content (AvgIpc) is 2.58. The zero-order valence-electron chi connectivity index (χ0n) is 15.2. The molecule has 2 rings (SSSR count). The minimum Gasteiger partial charge on any atom is -0.452 e. The molecule has 0 bridgehead atoms. The van der Waals surface area contributed by atoms with Gasteiger partial charge < -0.3 is 10.1 Å². The summed E-state index contributed by atoms with van der Waals surface area (Å²) >= 11 is 1.22. The van der Waals surface area contributed by atoms with Crippen molar-refractivity contribution in [3.05, 3.63) is 17.5 Å². The lowest BCUT2D eigenvalue weighted by Gasteiger charge is -2.22. The molecule has 138 valence electrons. The molecule has 1 aromatic rings. The lowest BCUT2D eigenvalue weighted by atomic mass is 9.89. The van der Waals surface area contributed by atoms with Crippen molar-refractivity contribution in [3.8, 4) is 0 Å². The number of hydrogen-bond acceptors (Lipinski definition) is 6. The predicted molar refractivity (Wildman–Crippen MR) is 97.4 cm³/mol. The van der Waals surface area contributed by atoms with Gasteiger partial charge in [0.15, 0.2) is 11.3 Å². The fourth-order valence-electron chi connectivity index (χ4n) is 2.95. The van der Waals surface area contributed by atoms with E-state index >= 15 is 0 Å². The van der Waals surface area contributed by atoms with Gasteiger partial charge in [-0.25, -0.2) is 9.97 Å². The Morgan fingerprint density at radius 2 is 1.88 bits per heavy atom. The first-order valence-corrected chi connectivity index (χ1v) is 9.85. The molecule has 1 N–H and O–H groups in total. The maximum atomic E-state index is 12.1. The van der Waals surface area contributed by atoms with Crippen LogP contribution in [0.1, 0.15) is 50.4 Å². The zero-order valence-corrected chi connectivity index (χ0v) is 16.0. The molecule has 0 aromatic carbocycles. The van der Waals surface area contributed by atoms with Crippen LogP contribution in [0, 0.1) is 19.8 Å². The van der Waals surface area contributed by atoms with E-state index in [1.165, 1.54) is 43.9 Å². The van der Waals surface area contributed by atoms with E-state index in [9.17, 15) is 9.59 Å². The topological polar surface area (TPSA) is 81.2 Å². The fraction of sp³-hybridized carbons (Fsp3) is 0.667. The van der Waals surface area contributed by atoms with Crippen LogP contribution in [0.5, 0.6) is 0 Å². The summed E-state index contributed by atoms with van der Waals surface area (Å²) < 4.78 is 5.21. The Morgan fingerprint density at radius 1 is 1.24 bits per heavy atom. The first-order chi connectivity index (χ1) is 11.9. The van der Waals surface area contributed by atoms with E-state index in [2.05, 4.69) is 15.3 Å². The van der Waals surface area contributed by atoms with Crippen molar-refractivity contribution < 1.29 is 14.3 Å². The minimum absolute atomic E-state index is 0.0864. The molecule has 0 aliphatic heterocycles. The van der Waals surface area contributed by atoms with Gasteiger partial charge in [-0.3, -0.25) is 9.59 Å². The van der Waals surface area contributed by atoms with Crippen molar-refractivity contribution >= 4 is 23.6 Å². The van der Waals surface area contributed by atoms with Gasteiger partial charge in [0.2, 0.25) is 0 Å². The van der Waals surface area contributed by atoms with Crippen LogP contribution in [0.15, 0.2) is 11.2 Å². The number of rotatable bonds is 7. The Bertz CT molecular complexity index is 583. The van der Waals surface area contributed by atoms with Gasteiger partial charge >= 0.3 is 5.97 Å². The van der Waals surface area contributed by atoms with E-state index in [1.807, 2.05) is 19.9 Å². The Labute approximate surface area is 153 Å². The molecule has 1 aliphatic rings. The lowest BCUT2D eigenvalue weighted by molar-refractivity contribution is -0.152. The van der Waals surface area contributed by atoms with E-state index in [0.29, 0.717) is 17.6 Å². The van der Waals surface area contributed by atoms with Crippen molar-refractivity contribution in [2.45, 2.75) is 64.1 Å². The van der Waals surface area contributed by atoms with E-state index in [4.69, 9.17) is 4.74 Å². The summed E-state index contributed by atoms with van der Waals surface area (Å²) in [6.45, 7) is 6.05. The molecule has 1 unspecified atom stereocenters. The van der Waals surface area contributed by atoms with Crippen LogP contribution < -0.4 is 5.32 Å². The summed E-state index contributed by atoms with van der Waals surface area (Å²) in [5.74, 6) is -0.0270. The highest BCUT2D eigenvalue weighted by atomic mass is 32.2. The van der Waals surface area contributed by atoms with Gasteiger partial charge in [-0.15, -0.1) is 0 Å². The number of carbonyl (C=O) groups is 2. The number of carbonyl (C=O) groups excluding carboxylic acids is 2. The van der Waals surface area contributed by atoms with E-state index in [-0.39, 0.29) is 11.7 Å². The lowest BCUT2D eigenvalue weighted by Crippen LogP contribution is -2.39. The van der Waals surface area contributed by atoms with Crippen LogP contribution in [0.3, 0.4) is 0 Å². The molecule has 1 aromatic heterocycles. The third-order valence-electron chi connectivity index (χ3n) is 4.25.